The molecule has 0 aromatic heterocycles. The molecule has 1 heterocycles. The molecule has 36 heavy (non-hydrogen) atoms. The van der Waals surface area contributed by atoms with Gasteiger partial charge in [-0.1, -0.05) is 78.0 Å². The Kier molecular flexibility index (Phi) is 7.28. The summed E-state index contributed by atoms with van der Waals surface area (Å²) in [7, 11) is 0. The highest BCUT2D eigenvalue weighted by atomic mass is 35.5. The van der Waals surface area contributed by atoms with Crippen molar-refractivity contribution in [3.63, 3.8) is 0 Å². The van der Waals surface area contributed by atoms with E-state index in [0.29, 0.717) is 38.9 Å². The maximum absolute atomic E-state index is 13.5. The molecule has 1 saturated heterocycles. The van der Waals surface area contributed by atoms with Crippen LogP contribution in [-0.2, 0) is 11.4 Å². The van der Waals surface area contributed by atoms with Crippen molar-refractivity contribution in [2.24, 2.45) is 0 Å². The molecule has 0 unspecified atom stereocenters. The maximum Gasteiger partial charge on any atom is 0.270 e. The summed E-state index contributed by atoms with van der Waals surface area (Å²) in [5.41, 5.74) is 2.55. The number of hydrogen-bond acceptors (Lipinski definition) is 5. The van der Waals surface area contributed by atoms with E-state index in [1.54, 1.807) is 4.90 Å². The van der Waals surface area contributed by atoms with Gasteiger partial charge in [0.25, 0.3) is 5.91 Å². The molecule has 4 aromatic rings. The summed E-state index contributed by atoms with van der Waals surface area (Å²) in [5.74, 6) is 1.28. The topological polar surface area (TPSA) is 38.8 Å². The minimum atomic E-state index is -0.161. The van der Waals surface area contributed by atoms with Crippen molar-refractivity contribution in [3.05, 3.63) is 106 Å². The number of carbonyl (C=O) groups is 1. The van der Waals surface area contributed by atoms with E-state index in [0.717, 1.165) is 27.6 Å². The number of fused-ring (bicyclic) bond motifs is 1. The molecule has 180 valence electrons. The Morgan fingerprint density at radius 1 is 0.944 bits per heavy atom. The molecule has 0 bridgehead atoms. The van der Waals surface area contributed by atoms with Crippen LogP contribution < -0.4 is 14.4 Å². The molecule has 0 N–H and O–H groups in total. The Balaban J connectivity index is 1.48. The van der Waals surface area contributed by atoms with Crippen molar-refractivity contribution in [1.29, 1.82) is 0 Å². The van der Waals surface area contributed by atoms with Crippen LogP contribution in [0.15, 0.2) is 89.8 Å². The number of rotatable bonds is 7. The van der Waals surface area contributed by atoms with E-state index < -0.39 is 0 Å². The standard InChI is InChI=1S/C29H22ClNO3S2/c1-2-33-23-14-12-22(13-15-23)31-28(32)27(36-29(31)35)17-25-24-6-4-3-5-20(24)9-16-26(25)34-18-19-7-10-21(30)11-8-19/h3-17H,2,18H2,1H3/b27-17+. The molecule has 4 aromatic carbocycles. The largest absolute Gasteiger partial charge is 0.494 e. The quantitative estimate of drug-likeness (QED) is 0.179. The lowest BCUT2D eigenvalue weighted by atomic mass is 10.0. The van der Waals surface area contributed by atoms with E-state index in [1.165, 1.54) is 11.8 Å². The molecule has 0 saturated carbocycles. The van der Waals surface area contributed by atoms with Gasteiger partial charge in [0.05, 0.1) is 17.2 Å². The van der Waals surface area contributed by atoms with Crippen molar-refractivity contribution in [2.75, 3.05) is 11.5 Å². The van der Waals surface area contributed by atoms with Gasteiger partial charge < -0.3 is 9.47 Å². The van der Waals surface area contributed by atoms with E-state index in [4.69, 9.17) is 33.3 Å². The molecule has 0 radical (unpaired) electrons. The molecule has 0 atom stereocenters. The zero-order valence-electron chi connectivity index (χ0n) is 19.4. The van der Waals surface area contributed by atoms with Crippen molar-refractivity contribution < 1.29 is 14.3 Å². The molecule has 1 amide bonds. The Bertz CT molecular complexity index is 1470. The molecular weight excluding hydrogens is 510 g/mol. The average molecular weight is 532 g/mol. The molecule has 4 nitrogen and oxygen atoms in total. The highest BCUT2D eigenvalue weighted by Gasteiger charge is 2.33. The lowest BCUT2D eigenvalue weighted by Crippen LogP contribution is -2.27. The van der Waals surface area contributed by atoms with E-state index >= 15 is 0 Å². The Morgan fingerprint density at radius 3 is 2.44 bits per heavy atom. The van der Waals surface area contributed by atoms with Gasteiger partial charge in [-0.15, -0.1) is 0 Å². The highest BCUT2D eigenvalue weighted by Crippen LogP contribution is 2.39. The van der Waals surface area contributed by atoms with Crippen LogP contribution in [0.2, 0.25) is 5.02 Å². The van der Waals surface area contributed by atoms with Crippen LogP contribution in [-0.4, -0.2) is 16.8 Å². The second-order valence-electron chi connectivity index (χ2n) is 8.06. The minimum absolute atomic E-state index is 0.161. The third-order valence-electron chi connectivity index (χ3n) is 5.71. The minimum Gasteiger partial charge on any atom is -0.494 e. The summed E-state index contributed by atoms with van der Waals surface area (Å²) in [4.78, 5) is 15.6. The summed E-state index contributed by atoms with van der Waals surface area (Å²) < 4.78 is 12.2. The number of hydrogen-bond donors (Lipinski definition) is 0. The van der Waals surface area contributed by atoms with Gasteiger partial charge in [-0.2, -0.15) is 0 Å². The van der Waals surface area contributed by atoms with Gasteiger partial charge in [-0.3, -0.25) is 9.69 Å². The van der Waals surface area contributed by atoms with E-state index in [-0.39, 0.29) is 5.91 Å². The van der Waals surface area contributed by atoms with Crippen LogP contribution in [0.3, 0.4) is 0 Å². The predicted molar refractivity (Wildman–Crippen MR) is 153 cm³/mol. The molecule has 1 fully saturated rings. The first-order valence-electron chi connectivity index (χ1n) is 11.4. The summed E-state index contributed by atoms with van der Waals surface area (Å²) in [6.45, 7) is 2.89. The number of amides is 1. The third-order valence-corrected chi connectivity index (χ3v) is 7.27. The number of thioether (sulfide) groups is 1. The SMILES string of the molecule is CCOc1ccc(N2C(=O)/C(=C\c3c(OCc4ccc(Cl)cc4)ccc4ccccc34)SC2=S)cc1. The zero-order valence-corrected chi connectivity index (χ0v) is 21.8. The normalized spacial score (nSPS) is 14.6. The first kappa shape index (κ1) is 24.4. The molecule has 5 rings (SSSR count). The second-order valence-corrected chi connectivity index (χ2v) is 10.2. The summed E-state index contributed by atoms with van der Waals surface area (Å²) in [5, 5.41) is 2.74. The molecule has 0 aliphatic carbocycles. The van der Waals surface area contributed by atoms with Gasteiger partial charge in [0.2, 0.25) is 0 Å². The third kappa shape index (κ3) is 5.12. The van der Waals surface area contributed by atoms with Gasteiger partial charge in [0, 0.05) is 10.6 Å². The number of anilines is 1. The van der Waals surface area contributed by atoms with E-state index in [2.05, 4.69) is 0 Å². The maximum atomic E-state index is 13.5. The Morgan fingerprint density at radius 2 is 1.69 bits per heavy atom. The lowest BCUT2D eigenvalue weighted by Gasteiger charge is -2.15. The predicted octanol–water partition coefficient (Wildman–Crippen LogP) is 7.88. The summed E-state index contributed by atoms with van der Waals surface area (Å²) >= 11 is 12.9. The molecule has 0 spiro atoms. The Hall–Kier alpha value is -3.32. The van der Waals surface area contributed by atoms with Gasteiger partial charge in [-0.25, -0.2) is 0 Å². The number of thiocarbonyl (C=S) groups is 1. The first-order chi connectivity index (χ1) is 17.5. The van der Waals surface area contributed by atoms with Crippen LogP contribution in [0.5, 0.6) is 11.5 Å². The van der Waals surface area contributed by atoms with E-state index in [9.17, 15) is 4.79 Å². The van der Waals surface area contributed by atoms with Crippen molar-refractivity contribution in [3.8, 4) is 11.5 Å². The molecular formula is C29H22ClNO3S2. The Labute approximate surface area is 224 Å². The van der Waals surface area contributed by atoms with E-state index in [1.807, 2.05) is 97.9 Å². The van der Waals surface area contributed by atoms with Crippen LogP contribution in [0.25, 0.3) is 16.8 Å². The fourth-order valence-electron chi connectivity index (χ4n) is 3.97. The van der Waals surface area contributed by atoms with Crippen LogP contribution in [0, 0.1) is 0 Å². The van der Waals surface area contributed by atoms with Crippen LogP contribution >= 0.6 is 35.6 Å². The van der Waals surface area contributed by atoms with Crippen LogP contribution in [0.4, 0.5) is 5.69 Å². The summed E-state index contributed by atoms with van der Waals surface area (Å²) in [6.07, 6.45) is 1.88. The molecule has 1 aliphatic heterocycles. The lowest BCUT2D eigenvalue weighted by molar-refractivity contribution is -0.113. The highest BCUT2D eigenvalue weighted by molar-refractivity contribution is 8.27. The van der Waals surface area contributed by atoms with Crippen molar-refractivity contribution in [2.45, 2.75) is 13.5 Å². The summed E-state index contributed by atoms with van der Waals surface area (Å²) in [6, 6.07) is 26.9. The number of ether oxygens (including phenoxy) is 2. The fourth-order valence-corrected chi connectivity index (χ4v) is 5.38. The first-order valence-corrected chi connectivity index (χ1v) is 13.0. The number of carbonyl (C=O) groups excluding carboxylic acids is 1. The molecule has 1 aliphatic rings. The van der Waals surface area contributed by atoms with Gasteiger partial charge >= 0.3 is 0 Å². The van der Waals surface area contributed by atoms with Crippen LogP contribution in [0.1, 0.15) is 18.1 Å². The van der Waals surface area contributed by atoms with Gasteiger partial charge in [0.1, 0.15) is 18.1 Å². The van der Waals surface area contributed by atoms with Crippen molar-refractivity contribution in [1.82, 2.24) is 0 Å². The number of halogens is 1. The van der Waals surface area contributed by atoms with Crippen molar-refractivity contribution >= 4 is 68.3 Å². The molecule has 7 heteroatoms. The average Bonchev–Trinajstić information content (AvgIpc) is 3.17. The fraction of sp³-hybridized carbons (Fsp3) is 0.103. The van der Waals surface area contributed by atoms with Gasteiger partial charge in [0.15, 0.2) is 4.32 Å². The number of benzene rings is 4. The smallest absolute Gasteiger partial charge is 0.270 e. The second kappa shape index (κ2) is 10.7. The zero-order chi connectivity index (χ0) is 25.1. The van der Waals surface area contributed by atoms with Gasteiger partial charge in [-0.05, 0) is 71.8 Å². The monoisotopic (exact) mass is 531 g/mol. The number of nitrogens with zero attached hydrogens (tertiary/aromatic N) is 1.